The molecule has 0 aliphatic carbocycles. The van der Waals surface area contributed by atoms with Crippen LogP contribution in [0.2, 0.25) is 0 Å². The Morgan fingerprint density at radius 3 is 2.44 bits per heavy atom. The van der Waals surface area contributed by atoms with Gasteiger partial charge >= 0.3 is 5.63 Å². The lowest BCUT2D eigenvalue weighted by Gasteiger charge is -2.28. The van der Waals surface area contributed by atoms with E-state index in [1.165, 1.54) is 5.56 Å². The van der Waals surface area contributed by atoms with Gasteiger partial charge in [-0.3, -0.25) is 4.90 Å². The van der Waals surface area contributed by atoms with Gasteiger partial charge in [0.25, 0.3) is 0 Å². The standard InChI is InChI=1S/C21H21NO3/c1-14-8-10-15(11-9-14)19(22-12-4-5-13-22)18-20(23)16-6-2-3-7-17(16)25-21(18)24/h2-3,6-11,19,23H,4-5,12-13H2,1H3. The predicted molar refractivity (Wildman–Crippen MR) is 98.0 cm³/mol. The molecule has 0 amide bonds. The molecule has 4 heteroatoms. The highest BCUT2D eigenvalue weighted by Gasteiger charge is 2.31. The van der Waals surface area contributed by atoms with Gasteiger partial charge in [0, 0.05) is 0 Å². The van der Waals surface area contributed by atoms with Crippen LogP contribution in [0.4, 0.5) is 0 Å². The van der Waals surface area contributed by atoms with E-state index in [0.717, 1.165) is 31.5 Å². The van der Waals surface area contributed by atoms with Gasteiger partial charge in [-0.25, -0.2) is 4.79 Å². The Balaban J connectivity index is 1.94. The van der Waals surface area contributed by atoms with Crippen molar-refractivity contribution in [2.45, 2.75) is 25.8 Å². The first-order chi connectivity index (χ1) is 12.1. The average Bonchev–Trinajstić information content (AvgIpc) is 3.14. The monoisotopic (exact) mass is 335 g/mol. The van der Waals surface area contributed by atoms with Crippen LogP contribution in [0.3, 0.4) is 0 Å². The van der Waals surface area contributed by atoms with Crippen molar-refractivity contribution in [2.24, 2.45) is 0 Å². The highest BCUT2D eigenvalue weighted by molar-refractivity contribution is 5.84. The van der Waals surface area contributed by atoms with Gasteiger partial charge in [0.05, 0.1) is 11.4 Å². The van der Waals surface area contributed by atoms with Crippen LogP contribution in [0.15, 0.2) is 57.7 Å². The van der Waals surface area contributed by atoms with Gasteiger partial charge in [-0.2, -0.15) is 0 Å². The molecular weight excluding hydrogens is 314 g/mol. The number of aryl methyl sites for hydroxylation is 1. The summed E-state index contributed by atoms with van der Waals surface area (Å²) >= 11 is 0. The maximum Gasteiger partial charge on any atom is 0.345 e. The summed E-state index contributed by atoms with van der Waals surface area (Å²) in [6.45, 7) is 3.85. The van der Waals surface area contributed by atoms with Crippen LogP contribution < -0.4 is 5.63 Å². The molecule has 25 heavy (non-hydrogen) atoms. The number of hydrogen-bond acceptors (Lipinski definition) is 4. The van der Waals surface area contributed by atoms with Crippen LogP contribution in [-0.4, -0.2) is 23.1 Å². The summed E-state index contributed by atoms with van der Waals surface area (Å²) in [4.78, 5) is 15.0. The van der Waals surface area contributed by atoms with Crippen LogP contribution in [0, 0.1) is 6.92 Å². The molecule has 0 bridgehead atoms. The third kappa shape index (κ3) is 2.83. The van der Waals surface area contributed by atoms with E-state index in [4.69, 9.17) is 4.42 Å². The van der Waals surface area contributed by atoms with Gasteiger partial charge < -0.3 is 9.52 Å². The van der Waals surface area contributed by atoms with Gasteiger partial charge in [-0.05, 0) is 50.6 Å². The molecule has 1 N–H and O–H groups in total. The third-order valence-corrected chi connectivity index (χ3v) is 4.99. The Labute approximate surface area is 146 Å². The van der Waals surface area contributed by atoms with Crippen molar-refractivity contribution in [3.05, 3.63) is 75.6 Å². The third-order valence-electron chi connectivity index (χ3n) is 4.99. The second-order valence-corrected chi connectivity index (χ2v) is 6.70. The molecule has 0 saturated carbocycles. The quantitative estimate of drug-likeness (QED) is 0.735. The molecule has 1 saturated heterocycles. The molecule has 0 radical (unpaired) electrons. The topological polar surface area (TPSA) is 53.7 Å². The minimum atomic E-state index is -0.464. The van der Waals surface area contributed by atoms with E-state index in [1.54, 1.807) is 18.2 Å². The summed E-state index contributed by atoms with van der Waals surface area (Å²) in [5.41, 5.74) is 2.46. The molecule has 4 rings (SSSR count). The number of likely N-dealkylation sites (tertiary alicyclic amines) is 1. The van der Waals surface area contributed by atoms with Crippen LogP contribution in [0.5, 0.6) is 5.75 Å². The zero-order valence-electron chi connectivity index (χ0n) is 14.2. The summed E-state index contributed by atoms with van der Waals surface area (Å²) in [6.07, 6.45) is 2.20. The van der Waals surface area contributed by atoms with Crippen molar-refractivity contribution in [3.8, 4) is 5.75 Å². The number of benzene rings is 2. The molecular formula is C21H21NO3. The Morgan fingerprint density at radius 1 is 1.04 bits per heavy atom. The van der Waals surface area contributed by atoms with Gasteiger partial charge in [0.2, 0.25) is 0 Å². The smallest absolute Gasteiger partial charge is 0.345 e. The van der Waals surface area contributed by atoms with Crippen LogP contribution in [0.25, 0.3) is 11.0 Å². The van der Waals surface area contributed by atoms with Crippen LogP contribution >= 0.6 is 0 Å². The van der Waals surface area contributed by atoms with Gasteiger partial charge in [-0.15, -0.1) is 0 Å². The summed E-state index contributed by atoms with van der Waals surface area (Å²) in [7, 11) is 0. The molecule has 0 spiro atoms. The molecule has 2 aromatic carbocycles. The molecule has 1 aliphatic heterocycles. The largest absolute Gasteiger partial charge is 0.507 e. The van der Waals surface area contributed by atoms with E-state index < -0.39 is 5.63 Å². The summed E-state index contributed by atoms with van der Waals surface area (Å²) in [6, 6.07) is 15.0. The fourth-order valence-electron chi connectivity index (χ4n) is 3.70. The number of nitrogens with zero attached hydrogens (tertiary/aromatic N) is 1. The first kappa shape index (κ1) is 15.9. The minimum Gasteiger partial charge on any atom is -0.507 e. The maximum absolute atomic E-state index is 12.7. The lowest BCUT2D eigenvalue weighted by atomic mass is 9.96. The van der Waals surface area contributed by atoms with E-state index in [2.05, 4.69) is 4.90 Å². The molecule has 2 heterocycles. The van der Waals surface area contributed by atoms with Crippen molar-refractivity contribution in [2.75, 3.05) is 13.1 Å². The van der Waals surface area contributed by atoms with E-state index in [9.17, 15) is 9.90 Å². The highest BCUT2D eigenvalue weighted by atomic mass is 16.4. The second-order valence-electron chi connectivity index (χ2n) is 6.70. The van der Waals surface area contributed by atoms with E-state index in [-0.39, 0.29) is 11.8 Å². The summed E-state index contributed by atoms with van der Waals surface area (Å²) in [5, 5.41) is 11.5. The Kier molecular flexibility index (Phi) is 4.06. The van der Waals surface area contributed by atoms with Gasteiger partial charge in [0.15, 0.2) is 0 Å². The molecule has 1 aliphatic rings. The van der Waals surface area contributed by atoms with Gasteiger partial charge in [-0.1, -0.05) is 42.0 Å². The minimum absolute atomic E-state index is 0.0318. The summed E-state index contributed by atoms with van der Waals surface area (Å²) in [5.74, 6) is 0.0318. The lowest BCUT2D eigenvalue weighted by Crippen LogP contribution is -2.30. The van der Waals surface area contributed by atoms with Gasteiger partial charge in [0.1, 0.15) is 16.9 Å². The number of rotatable bonds is 3. The molecule has 1 aromatic heterocycles. The molecule has 128 valence electrons. The maximum atomic E-state index is 12.7. The van der Waals surface area contributed by atoms with E-state index in [1.807, 2.05) is 37.3 Å². The summed E-state index contributed by atoms with van der Waals surface area (Å²) < 4.78 is 5.52. The number of hydrogen-bond donors (Lipinski definition) is 1. The molecule has 1 unspecified atom stereocenters. The molecule has 1 fully saturated rings. The zero-order valence-corrected chi connectivity index (χ0v) is 14.2. The normalized spacial score (nSPS) is 16.4. The number of fused-ring (bicyclic) bond motifs is 1. The van der Waals surface area contributed by atoms with Crippen molar-refractivity contribution < 1.29 is 9.52 Å². The zero-order chi connectivity index (χ0) is 17.4. The first-order valence-electron chi connectivity index (χ1n) is 8.70. The van der Waals surface area contributed by atoms with Crippen LogP contribution in [0.1, 0.15) is 35.6 Å². The number of aromatic hydroxyl groups is 1. The fourth-order valence-corrected chi connectivity index (χ4v) is 3.70. The highest BCUT2D eigenvalue weighted by Crippen LogP contribution is 2.37. The Morgan fingerprint density at radius 2 is 1.72 bits per heavy atom. The fraction of sp³-hybridized carbons (Fsp3) is 0.286. The van der Waals surface area contributed by atoms with Crippen LogP contribution in [-0.2, 0) is 0 Å². The molecule has 1 atom stereocenters. The molecule has 3 aromatic rings. The SMILES string of the molecule is Cc1ccc(C(c2c(O)c3ccccc3oc2=O)N2CCCC2)cc1. The first-order valence-corrected chi connectivity index (χ1v) is 8.70. The van der Waals surface area contributed by atoms with Crippen molar-refractivity contribution >= 4 is 11.0 Å². The van der Waals surface area contributed by atoms with Crippen molar-refractivity contribution in [1.82, 2.24) is 4.90 Å². The Hall–Kier alpha value is -2.59. The predicted octanol–water partition coefficient (Wildman–Crippen LogP) is 3.99. The molecule has 4 nitrogen and oxygen atoms in total. The average molecular weight is 335 g/mol. The lowest BCUT2D eigenvalue weighted by molar-refractivity contribution is 0.269. The van der Waals surface area contributed by atoms with E-state index >= 15 is 0 Å². The van der Waals surface area contributed by atoms with E-state index in [0.29, 0.717) is 16.5 Å². The van der Waals surface area contributed by atoms with Crippen molar-refractivity contribution in [3.63, 3.8) is 0 Å². The Bertz CT molecular complexity index is 953. The number of para-hydroxylation sites is 1. The van der Waals surface area contributed by atoms with Crippen molar-refractivity contribution in [1.29, 1.82) is 0 Å². The second kappa shape index (κ2) is 6.37.